The third kappa shape index (κ3) is 1.99. The van der Waals surface area contributed by atoms with Crippen molar-refractivity contribution in [2.24, 2.45) is 5.41 Å². The van der Waals surface area contributed by atoms with Crippen LogP contribution in [0.5, 0.6) is 0 Å². The molecule has 76 valence electrons. The monoisotopic (exact) mass is 196 g/mol. The average molecular weight is 196 g/mol. The molecule has 1 rings (SSSR count). The minimum absolute atomic E-state index is 0.372. The van der Waals surface area contributed by atoms with E-state index in [1.165, 1.54) is 0 Å². The van der Waals surface area contributed by atoms with Gasteiger partial charge < -0.3 is 0 Å². The van der Waals surface area contributed by atoms with Crippen molar-refractivity contribution in [2.75, 3.05) is 0 Å². The summed E-state index contributed by atoms with van der Waals surface area (Å²) in [7, 11) is 0. The lowest BCUT2D eigenvalue weighted by Crippen LogP contribution is -2.49. The Morgan fingerprint density at radius 2 is 1.64 bits per heavy atom. The number of imide groups is 1. The van der Waals surface area contributed by atoms with Gasteiger partial charge in [0.25, 0.3) is 11.8 Å². The quantitative estimate of drug-likeness (QED) is 0.600. The molecule has 1 heterocycles. The van der Waals surface area contributed by atoms with Crippen LogP contribution in [0.3, 0.4) is 0 Å². The van der Waals surface area contributed by atoms with Crippen molar-refractivity contribution in [1.82, 2.24) is 10.4 Å². The largest absolute Gasteiger partial charge is 0.273 e. The Balaban J connectivity index is 2.67. The number of carbonyl (C=O) groups is 3. The molecule has 0 aliphatic carbocycles. The van der Waals surface area contributed by atoms with E-state index in [1.807, 2.05) is 0 Å². The van der Waals surface area contributed by atoms with E-state index in [0.29, 0.717) is 5.01 Å². The summed E-state index contributed by atoms with van der Waals surface area (Å²) >= 11 is 0. The summed E-state index contributed by atoms with van der Waals surface area (Å²) in [5, 5.41) is 0.702. The summed E-state index contributed by atoms with van der Waals surface area (Å²) in [4.78, 5) is 33.5. The van der Waals surface area contributed by atoms with Gasteiger partial charge in [-0.25, -0.2) is 0 Å². The van der Waals surface area contributed by atoms with Crippen LogP contribution in [0.2, 0.25) is 0 Å². The van der Waals surface area contributed by atoms with Crippen LogP contribution in [0, 0.1) is 5.41 Å². The SMILES string of the molecule is CC(C)(C)C(=O)NN1C(=O)C=CC1=O. The number of hydrazine groups is 1. The smallest absolute Gasteiger partial charge is 0.272 e. The van der Waals surface area contributed by atoms with Crippen molar-refractivity contribution in [3.63, 3.8) is 0 Å². The molecule has 0 saturated heterocycles. The molecule has 0 aromatic heterocycles. The number of nitrogens with zero attached hydrogens (tertiary/aromatic N) is 1. The second kappa shape index (κ2) is 3.25. The molecule has 0 spiro atoms. The Morgan fingerprint density at radius 3 is 2.00 bits per heavy atom. The second-order valence-electron chi connectivity index (χ2n) is 4.04. The Bertz CT molecular complexity index is 307. The first-order valence-electron chi connectivity index (χ1n) is 4.19. The molecule has 1 aliphatic heterocycles. The van der Waals surface area contributed by atoms with E-state index < -0.39 is 17.2 Å². The van der Waals surface area contributed by atoms with Gasteiger partial charge in [0.15, 0.2) is 0 Å². The van der Waals surface area contributed by atoms with E-state index in [0.717, 1.165) is 12.2 Å². The van der Waals surface area contributed by atoms with Gasteiger partial charge in [-0.3, -0.25) is 19.8 Å². The van der Waals surface area contributed by atoms with E-state index in [9.17, 15) is 14.4 Å². The van der Waals surface area contributed by atoms with E-state index in [2.05, 4.69) is 5.43 Å². The highest BCUT2D eigenvalue weighted by Crippen LogP contribution is 2.13. The lowest BCUT2D eigenvalue weighted by atomic mass is 9.96. The standard InChI is InChI=1S/C9H12N2O3/c1-9(2,3)8(14)10-11-6(12)4-5-7(11)13/h4-5H,1-3H3,(H,10,14). The van der Waals surface area contributed by atoms with Gasteiger partial charge in [-0.2, -0.15) is 5.01 Å². The van der Waals surface area contributed by atoms with Crippen LogP contribution in [0.15, 0.2) is 12.2 Å². The number of amides is 3. The number of nitrogens with one attached hydrogen (secondary N) is 1. The fraction of sp³-hybridized carbons (Fsp3) is 0.444. The summed E-state index contributed by atoms with van der Waals surface area (Å²) in [6, 6.07) is 0. The summed E-state index contributed by atoms with van der Waals surface area (Å²) in [5.41, 5.74) is 1.62. The van der Waals surface area contributed by atoms with E-state index in [-0.39, 0.29) is 5.91 Å². The summed E-state index contributed by atoms with van der Waals surface area (Å²) < 4.78 is 0. The maximum Gasteiger partial charge on any atom is 0.272 e. The lowest BCUT2D eigenvalue weighted by Gasteiger charge is -2.22. The number of carbonyl (C=O) groups excluding carboxylic acids is 3. The van der Waals surface area contributed by atoms with Crippen molar-refractivity contribution in [3.05, 3.63) is 12.2 Å². The van der Waals surface area contributed by atoms with Crippen LogP contribution < -0.4 is 5.43 Å². The molecule has 5 nitrogen and oxygen atoms in total. The second-order valence-corrected chi connectivity index (χ2v) is 4.04. The van der Waals surface area contributed by atoms with Crippen molar-refractivity contribution in [2.45, 2.75) is 20.8 Å². The van der Waals surface area contributed by atoms with Gasteiger partial charge in [0.1, 0.15) is 0 Å². The number of hydrogen-bond acceptors (Lipinski definition) is 3. The molecule has 0 unspecified atom stereocenters. The Hall–Kier alpha value is -1.65. The highest BCUT2D eigenvalue weighted by molar-refractivity contribution is 6.13. The zero-order chi connectivity index (χ0) is 10.9. The van der Waals surface area contributed by atoms with Gasteiger partial charge in [-0.1, -0.05) is 20.8 Å². The molecule has 0 radical (unpaired) electrons. The normalized spacial score (nSPS) is 16.4. The summed E-state index contributed by atoms with van der Waals surface area (Å²) in [5.74, 6) is -1.41. The molecule has 0 aromatic carbocycles. The van der Waals surface area contributed by atoms with Gasteiger partial charge in [-0.15, -0.1) is 0 Å². The first-order valence-corrected chi connectivity index (χ1v) is 4.19. The van der Waals surface area contributed by atoms with Crippen molar-refractivity contribution < 1.29 is 14.4 Å². The zero-order valence-corrected chi connectivity index (χ0v) is 8.33. The molecule has 0 saturated carbocycles. The maximum absolute atomic E-state index is 11.4. The number of rotatable bonds is 1. The van der Waals surface area contributed by atoms with Gasteiger partial charge in [0.2, 0.25) is 5.91 Å². The zero-order valence-electron chi connectivity index (χ0n) is 8.33. The van der Waals surface area contributed by atoms with Crippen LogP contribution >= 0.6 is 0 Å². The Labute approximate surface area is 81.7 Å². The predicted octanol–water partition coefficient (Wildman–Crippen LogP) is -0.0113. The molecule has 14 heavy (non-hydrogen) atoms. The van der Waals surface area contributed by atoms with Crippen LogP contribution in [0.25, 0.3) is 0 Å². The molecule has 1 aliphatic rings. The fourth-order valence-corrected chi connectivity index (χ4v) is 0.780. The minimum atomic E-state index is -0.636. The molecule has 3 amide bonds. The van der Waals surface area contributed by atoms with Gasteiger partial charge in [0.05, 0.1) is 0 Å². The molecule has 0 aromatic rings. The summed E-state index contributed by atoms with van der Waals surface area (Å²) in [6.07, 6.45) is 2.23. The van der Waals surface area contributed by atoms with Crippen LogP contribution in [0.4, 0.5) is 0 Å². The van der Waals surface area contributed by atoms with Crippen LogP contribution in [-0.4, -0.2) is 22.7 Å². The Morgan fingerprint density at radius 1 is 1.21 bits per heavy atom. The molecule has 0 atom stereocenters. The topological polar surface area (TPSA) is 66.5 Å². The van der Waals surface area contributed by atoms with E-state index in [1.54, 1.807) is 20.8 Å². The van der Waals surface area contributed by atoms with Gasteiger partial charge in [-0.05, 0) is 0 Å². The van der Waals surface area contributed by atoms with Gasteiger partial charge >= 0.3 is 0 Å². The van der Waals surface area contributed by atoms with Crippen LogP contribution in [-0.2, 0) is 14.4 Å². The van der Waals surface area contributed by atoms with Crippen molar-refractivity contribution >= 4 is 17.7 Å². The van der Waals surface area contributed by atoms with Crippen LogP contribution in [0.1, 0.15) is 20.8 Å². The molecular weight excluding hydrogens is 184 g/mol. The maximum atomic E-state index is 11.4. The summed E-state index contributed by atoms with van der Waals surface area (Å²) in [6.45, 7) is 5.09. The highest BCUT2D eigenvalue weighted by atomic mass is 16.2. The fourth-order valence-electron chi connectivity index (χ4n) is 0.780. The van der Waals surface area contributed by atoms with E-state index >= 15 is 0 Å². The first kappa shape index (κ1) is 10.4. The number of hydrogen-bond donors (Lipinski definition) is 1. The van der Waals surface area contributed by atoms with Crippen molar-refractivity contribution in [3.8, 4) is 0 Å². The Kier molecular flexibility index (Phi) is 2.42. The molecule has 5 heteroatoms. The average Bonchev–Trinajstić information content (AvgIpc) is 2.34. The molecule has 0 bridgehead atoms. The van der Waals surface area contributed by atoms with E-state index in [4.69, 9.17) is 0 Å². The van der Waals surface area contributed by atoms with Gasteiger partial charge in [0, 0.05) is 17.6 Å². The first-order chi connectivity index (χ1) is 6.32. The predicted molar refractivity (Wildman–Crippen MR) is 48.6 cm³/mol. The molecular formula is C9H12N2O3. The highest BCUT2D eigenvalue weighted by Gasteiger charge is 2.29. The third-order valence-corrected chi connectivity index (χ3v) is 1.70. The third-order valence-electron chi connectivity index (χ3n) is 1.70. The minimum Gasteiger partial charge on any atom is -0.273 e. The molecule has 1 N–H and O–H groups in total. The lowest BCUT2D eigenvalue weighted by molar-refractivity contribution is -0.149. The van der Waals surface area contributed by atoms with Crippen molar-refractivity contribution in [1.29, 1.82) is 0 Å². The molecule has 0 fully saturated rings.